The third kappa shape index (κ3) is 5.93. The summed E-state index contributed by atoms with van der Waals surface area (Å²) >= 11 is 0. The van der Waals surface area contributed by atoms with E-state index >= 15 is 0 Å². The highest BCUT2D eigenvalue weighted by Gasteiger charge is 2.19. The molecule has 0 bridgehead atoms. The Balaban J connectivity index is 1.13. The highest BCUT2D eigenvalue weighted by Crippen LogP contribution is 2.46. The Morgan fingerprint density at radius 2 is 0.655 bits per heavy atom. The summed E-state index contributed by atoms with van der Waals surface area (Å²) in [5.74, 6) is 0. The number of hydrogen-bond acceptors (Lipinski definition) is 1. The maximum atomic E-state index is 2.40. The molecule has 0 aliphatic carbocycles. The summed E-state index contributed by atoms with van der Waals surface area (Å²) in [6.45, 7) is 0. The summed E-state index contributed by atoms with van der Waals surface area (Å²) in [7, 11) is 0. The average Bonchev–Trinajstić information content (AvgIpc) is 3.27. The number of rotatable bonds is 7. The van der Waals surface area contributed by atoms with E-state index in [0.717, 1.165) is 17.1 Å². The van der Waals surface area contributed by atoms with Gasteiger partial charge in [0, 0.05) is 16.8 Å². The Kier molecular flexibility index (Phi) is 8.24. The fraction of sp³-hybridized carbons (Fsp3) is 0. The van der Waals surface area contributed by atoms with Gasteiger partial charge in [0.2, 0.25) is 0 Å². The summed E-state index contributed by atoms with van der Waals surface area (Å²) in [5, 5.41) is 7.47. The van der Waals surface area contributed by atoms with Gasteiger partial charge in [-0.1, -0.05) is 188 Å². The van der Waals surface area contributed by atoms with Crippen molar-refractivity contribution in [3.63, 3.8) is 0 Å². The monoisotopic (exact) mass is 699 g/mol. The van der Waals surface area contributed by atoms with E-state index in [9.17, 15) is 0 Å². The van der Waals surface area contributed by atoms with E-state index in [1.807, 2.05) is 0 Å². The quantitative estimate of drug-likeness (QED) is 0.150. The standard InChI is InChI=1S/C54H37N/c1-4-15-38(16-5-1)39-27-32-45(33-28-39)55(52-26-14-22-41-17-10-11-23-47(41)52)46-34-29-40(30-35-46)44-31-36-49-48-24-12-13-25-50(48)53(42-18-6-2-7-19-42)54(51(49)37-44)43-20-8-3-9-21-43/h1-37H. The Morgan fingerprint density at radius 3 is 1.27 bits per heavy atom. The maximum absolute atomic E-state index is 2.40. The van der Waals surface area contributed by atoms with Crippen LogP contribution >= 0.6 is 0 Å². The summed E-state index contributed by atoms with van der Waals surface area (Å²) in [5.41, 5.74) is 13.1. The molecule has 10 rings (SSSR count). The first-order valence-electron chi connectivity index (χ1n) is 18.9. The van der Waals surface area contributed by atoms with Crippen LogP contribution in [0.25, 0.3) is 76.8 Å². The maximum Gasteiger partial charge on any atom is 0.0540 e. The second kappa shape index (κ2) is 14.0. The molecule has 10 aromatic carbocycles. The zero-order chi connectivity index (χ0) is 36.6. The molecule has 0 saturated carbocycles. The zero-order valence-electron chi connectivity index (χ0n) is 30.3. The molecule has 1 nitrogen and oxygen atoms in total. The molecule has 0 atom stereocenters. The molecule has 0 aromatic heterocycles. The summed E-state index contributed by atoms with van der Waals surface area (Å²) in [6.07, 6.45) is 0. The molecule has 55 heavy (non-hydrogen) atoms. The van der Waals surface area contributed by atoms with Gasteiger partial charge in [-0.25, -0.2) is 0 Å². The van der Waals surface area contributed by atoms with Gasteiger partial charge < -0.3 is 4.90 Å². The van der Waals surface area contributed by atoms with Crippen LogP contribution in [0.1, 0.15) is 0 Å². The van der Waals surface area contributed by atoms with Crippen molar-refractivity contribution in [2.45, 2.75) is 0 Å². The van der Waals surface area contributed by atoms with Crippen LogP contribution in [-0.2, 0) is 0 Å². The normalized spacial score (nSPS) is 11.3. The van der Waals surface area contributed by atoms with E-state index < -0.39 is 0 Å². The molecule has 1 heteroatoms. The van der Waals surface area contributed by atoms with Crippen molar-refractivity contribution in [2.24, 2.45) is 0 Å². The molecule has 258 valence electrons. The van der Waals surface area contributed by atoms with Crippen LogP contribution in [0.2, 0.25) is 0 Å². The zero-order valence-corrected chi connectivity index (χ0v) is 30.3. The molecule has 10 aromatic rings. The number of fused-ring (bicyclic) bond motifs is 4. The molecule has 0 saturated heterocycles. The predicted molar refractivity (Wildman–Crippen MR) is 235 cm³/mol. The van der Waals surface area contributed by atoms with Crippen LogP contribution in [0.15, 0.2) is 224 Å². The molecule has 0 amide bonds. The molecule has 0 aliphatic heterocycles. The number of anilines is 3. The number of hydrogen-bond donors (Lipinski definition) is 0. The molecule has 0 heterocycles. The first-order valence-corrected chi connectivity index (χ1v) is 18.9. The number of benzene rings is 10. The minimum Gasteiger partial charge on any atom is -0.310 e. The van der Waals surface area contributed by atoms with E-state index in [-0.39, 0.29) is 0 Å². The Bertz CT molecular complexity index is 2930. The third-order valence-corrected chi connectivity index (χ3v) is 10.8. The van der Waals surface area contributed by atoms with Gasteiger partial charge in [0.15, 0.2) is 0 Å². The van der Waals surface area contributed by atoms with Crippen molar-refractivity contribution in [3.05, 3.63) is 224 Å². The Hall–Kier alpha value is -7.22. The van der Waals surface area contributed by atoms with Crippen molar-refractivity contribution in [3.8, 4) is 44.5 Å². The van der Waals surface area contributed by atoms with Gasteiger partial charge in [-0.2, -0.15) is 0 Å². The number of nitrogens with zero attached hydrogens (tertiary/aromatic N) is 1. The molecular weight excluding hydrogens is 663 g/mol. The van der Waals surface area contributed by atoms with Crippen molar-refractivity contribution in [1.29, 1.82) is 0 Å². The van der Waals surface area contributed by atoms with E-state index in [1.54, 1.807) is 0 Å². The highest BCUT2D eigenvalue weighted by molar-refractivity contribution is 6.22. The van der Waals surface area contributed by atoms with Crippen LogP contribution in [-0.4, -0.2) is 0 Å². The van der Waals surface area contributed by atoms with Crippen LogP contribution < -0.4 is 4.90 Å². The van der Waals surface area contributed by atoms with Crippen LogP contribution in [0.5, 0.6) is 0 Å². The summed E-state index contributed by atoms with van der Waals surface area (Å²) < 4.78 is 0. The minimum absolute atomic E-state index is 1.11. The lowest BCUT2D eigenvalue weighted by Gasteiger charge is -2.27. The molecule has 0 radical (unpaired) electrons. The van der Waals surface area contributed by atoms with Crippen LogP contribution in [0, 0.1) is 0 Å². The van der Waals surface area contributed by atoms with Gasteiger partial charge in [-0.15, -0.1) is 0 Å². The van der Waals surface area contributed by atoms with Gasteiger partial charge in [0.1, 0.15) is 0 Å². The first kappa shape index (κ1) is 32.4. The van der Waals surface area contributed by atoms with Gasteiger partial charge in [-0.3, -0.25) is 0 Å². The predicted octanol–water partition coefficient (Wildman–Crippen LogP) is 15.3. The van der Waals surface area contributed by atoms with E-state index in [2.05, 4.69) is 229 Å². The SMILES string of the molecule is c1ccc(-c2ccc(N(c3ccc(-c4ccc5c(c4)c(-c4ccccc4)c(-c4ccccc4)c4ccccc45)cc3)c3cccc4ccccc34)cc2)cc1. The lowest BCUT2D eigenvalue weighted by Crippen LogP contribution is -2.10. The average molecular weight is 700 g/mol. The van der Waals surface area contributed by atoms with E-state index in [1.165, 1.54) is 76.8 Å². The Morgan fingerprint density at radius 1 is 0.236 bits per heavy atom. The van der Waals surface area contributed by atoms with E-state index in [4.69, 9.17) is 0 Å². The van der Waals surface area contributed by atoms with Crippen molar-refractivity contribution in [1.82, 2.24) is 0 Å². The smallest absolute Gasteiger partial charge is 0.0540 e. The minimum atomic E-state index is 1.11. The molecule has 0 unspecified atom stereocenters. The lowest BCUT2D eigenvalue weighted by molar-refractivity contribution is 1.30. The molecular formula is C54H37N. The second-order valence-electron chi connectivity index (χ2n) is 14.1. The molecule has 0 spiro atoms. The highest BCUT2D eigenvalue weighted by atomic mass is 15.1. The summed E-state index contributed by atoms with van der Waals surface area (Å²) in [6, 6.07) is 81.4. The van der Waals surface area contributed by atoms with E-state index in [0.29, 0.717) is 0 Å². The van der Waals surface area contributed by atoms with Crippen molar-refractivity contribution >= 4 is 49.4 Å². The van der Waals surface area contributed by atoms with Crippen LogP contribution in [0.3, 0.4) is 0 Å². The van der Waals surface area contributed by atoms with Gasteiger partial charge in [0.25, 0.3) is 0 Å². The molecule has 0 aliphatic rings. The first-order chi connectivity index (χ1) is 27.3. The molecule has 0 fully saturated rings. The summed E-state index contributed by atoms with van der Waals surface area (Å²) in [4.78, 5) is 2.38. The van der Waals surface area contributed by atoms with Crippen LogP contribution in [0.4, 0.5) is 17.1 Å². The fourth-order valence-corrected chi connectivity index (χ4v) is 8.25. The molecule has 0 N–H and O–H groups in total. The van der Waals surface area contributed by atoms with Gasteiger partial charge >= 0.3 is 0 Å². The van der Waals surface area contributed by atoms with Gasteiger partial charge in [-0.05, 0) is 108 Å². The fourth-order valence-electron chi connectivity index (χ4n) is 8.25. The van der Waals surface area contributed by atoms with Crippen molar-refractivity contribution < 1.29 is 0 Å². The largest absolute Gasteiger partial charge is 0.310 e. The second-order valence-corrected chi connectivity index (χ2v) is 14.1. The van der Waals surface area contributed by atoms with Gasteiger partial charge in [0.05, 0.1) is 5.69 Å². The topological polar surface area (TPSA) is 3.24 Å². The lowest BCUT2D eigenvalue weighted by atomic mass is 9.84. The third-order valence-electron chi connectivity index (χ3n) is 10.8. The Labute approximate surface area is 322 Å². The van der Waals surface area contributed by atoms with Crippen molar-refractivity contribution in [2.75, 3.05) is 4.90 Å².